The smallest absolute Gasteiger partial charge is 0.308 e. The van der Waals surface area contributed by atoms with E-state index in [0.29, 0.717) is 11.4 Å². The summed E-state index contributed by atoms with van der Waals surface area (Å²) in [4.78, 5) is 42.2. The molecule has 0 N–H and O–H groups in total. The van der Waals surface area contributed by atoms with Gasteiger partial charge >= 0.3 is 6.03 Å². The summed E-state index contributed by atoms with van der Waals surface area (Å²) < 4.78 is 13.2. The van der Waals surface area contributed by atoms with E-state index in [9.17, 15) is 18.8 Å². The van der Waals surface area contributed by atoms with Crippen LogP contribution in [0.15, 0.2) is 54.6 Å². The Kier molecular flexibility index (Phi) is 5.44. The molecule has 1 saturated heterocycles. The van der Waals surface area contributed by atoms with Crippen molar-refractivity contribution < 1.29 is 18.8 Å². The van der Waals surface area contributed by atoms with Crippen molar-refractivity contribution in [1.29, 1.82) is 0 Å². The van der Waals surface area contributed by atoms with Crippen LogP contribution < -0.4 is 9.80 Å². The summed E-state index contributed by atoms with van der Waals surface area (Å²) in [7, 11) is 0. The summed E-state index contributed by atoms with van der Waals surface area (Å²) in [5.41, 5.74) is 1.11. The number of nitrogens with zero attached hydrogens (tertiary/aromatic N) is 3. The maximum atomic E-state index is 13.2. The molecule has 3 rings (SSSR count). The number of hydrogen-bond acceptors (Lipinski definition) is 3. The van der Waals surface area contributed by atoms with E-state index >= 15 is 0 Å². The topological polar surface area (TPSA) is 60.9 Å². The Hall–Kier alpha value is -3.22. The molecule has 2 aromatic carbocycles. The molecule has 1 atom stereocenters. The first-order valence-corrected chi connectivity index (χ1v) is 9.08. The lowest BCUT2D eigenvalue weighted by molar-refractivity contribution is -0.131. The Bertz CT molecular complexity index is 884. The molecule has 0 radical (unpaired) electrons. The van der Waals surface area contributed by atoms with E-state index < -0.39 is 23.8 Å². The van der Waals surface area contributed by atoms with Gasteiger partial charge in [0.05, 0.1) is 0 Å². The van der Waals surface area contributed by atoms with Crippen molar-refractivity contribution >= 4 is 29.2 Å². The third kappa shape index (κ3) is 3.60. The predicted octanol–water partition coefficient (Wildman–Crippen LogP) is 3.42. The summed E-state index contributed by atoms with van der Waals surface area (Å²) in [5, 5.41) is 0. The first-order chi connectivity index (χ1) is 13.3. The molecule has 0 spiro atoms. The number of amides is 4. The number of para-hydroxylation sites is 1. The number of benzene rings is 2. The minimum Gasteiger partial charge on any atom is -0.308 e. The monoisotopic (exact) mass is 383 g/mol. The van der Waals surface area contributed by atoms with Crippen LogP contribution >= 0.6 is 0 Å². The SMILES string of the molecule is CC(C)N(C(=O)CN1C(=O)[C@@H](C)N(c2ccc(F)cc2)C1=O)c1ccccc1. The van der Waals surface area contributed by atoms with E-state index in [1.165, 1.54) is 29.2 Å². The number of urea groups is 1. The third-order valence-corrected chi connectivity index (χ3v) is 4.67. The summed E-state index contributed by atoms with van der Waals surface area (Å²) >= 11 is 0. The lowest BCUT2D eigenvalue weighted by atomic mass is 10.2. The molecular formula is C21H22FN3O3. The molecule has 2 aromatic rings. The van der Waals surface area contributed by atoms with Crippen LogP contribution in [0.3, 0.4) is 0 Å². The minimum atomic E-state index is -0.769. The third-order valence-electron chi connectivity index (χ3n) is 4.67. The largest absolute Gasteiger partial charge is 0.332 e. The normalized spacial score (nSPS) is 16.8. The fraction of sp³-hybridized carbons (Fsp3) is 0.286. The van der Waals surface area contributed by atoms with Crippen LogP contribution in [0.4, 0.5) is 20.6 Å². The van der Waals surface area contributed by atoms with Gasteiger partial charge in [-0.1, -0.05) is 18.2 Å². The highest BCUT2D eigenvalue weighted by molar-refractivity contribution is 6.16. The van der Waals surface area contributed by atoms with Gasteiger partial charge < -0.3 is 4.90 Å². The first-order valence-electron chi connectivity index (χ1n) is 9.08. The highest BCUT2D eigenvalue weighted by Gasteiger charge is 2.44. The number of rotatable bonds is 5. The van der Waals surface area contributed by atoms with Crippen LogP contribution in [0.5, 0.6) is 0 Å². The molecule has 1 aliphatic rings. The summed E-state index contributed by atoms with van der Waals surface area (Å²) in [6, 6.07) is 12.9. The van der Waals surface area contributed by atoms with Gasteiger partial charge in [-0.2, -0.15) is 0 Å². The van der Waals surface area contributed by atoms with Gasteiger partial charge in [-0.15, -0.1) is 0 Å². The van der Waals surface area contributed by atoms with Crippen molar-refractivity contribution in [3.05, 3.63) is 60.4 Å². The van der Waals surface area contributed by atoms with Gasteiger partial charge in [-0.25, -0.2) is 9.18 Å². The van der Waals surface area contributed by atoms with Gasteiger partial charge in [0.1, 0.15) is 18.4 Å². The zero-order valence-corrected chi connectivity index (χ0v) is 16.0. The van der Waals surface area contributed by atoms with Crippen LogP contribution in [0, 0.1) is 5.82 Å². The van der Waals surface area contributed by atoms with Gasteiger partial charge in [0.2, 0.25) is 5.91 Å². The van der Waals surface area contributed by atoms with Crippen molar-refractivity contribution in [3.63, 3.8) is 0 Å². The van der Waals surface area contributed by atoms with Gasteiger partial charge in [0.15, 0.2) is 0 Å². The van der Waals surface area contributed by atoms with E-state index in [2.05, 4.69) is 0 Å². The van der Waals surface area contributed by atoms with E-state index in [-0.39, 0.29) is 18.5 Å². The molecule has 1 heterocycles. The van der Waals surface area contributed by atoms with Gasteiger partial charge in [-0.3, -0.25) is 19.4 Å². The van der Waals surface area contributed by atoms with E-state index in [0.717, 1.165) is 4.90 Å². The average molecular weight is 383 g/mol. The highest BCUT2D eigenvalue weighted by atomic mass is 19.1. The fourth-order valence-corrected chi connectivity index (χ4v) is 3.34. The molecule has 1 aliphatic heterocycles. The fourth-order valence-electron chi connectivity index (χ4n) is 3.34. The Labute approximate surface area is 163 Å². The second kappa shape index (κ2) is 7.80. The predicted molar refractivity (Wildman–Crippen MR) is 105 cm³/mol. The molecule has 0 saturated carbocycles. The number of carbonyl (C=O) groups is 3. The van der Waals surface area contributed by atoms with Crippen molar-refractivity contribution in [2.24, 2.45) is 0 Å². The summed E-state index contributed by atoms with van der Waals surface area (Å²) in [6.45, 7) is 4.97. The van der Waals surface area contributed by atoms with Crippen molar-refractivity contribution in [2.75, 3.05) is 16.3 Å². The Morgan fingerprint density at radius 2 is 1.68 bits per heavy atom. The highest BCUT2D eigenvalue weighted by Crippen LogP contribution is 2.26. The quantitative estimate of drug-likeness (QED) is 0.744. The lowest BCUT2D eigenvalue weighted by Gasteiger charge is -2.28. The molecule has 6 nitrogen and oxygen atoms in total. The first kappa shape index (κ1) is 19.5. The molecule has 4 amide bonds. The number of imide groups is 1. The van der Waals surface area contributed by atoms with Gasteiger partial charge in [-0.05, 0) is 57.2 Å². The molecule has 0 unspecified atom stereocenters. The van der Waals surface area contributed by atoms with Crippen molar-refractivity contribution in [2.45, 2.75) is 32.9 Å². The van der Waals surface area contributed by atoms with Gasteiger partial charge in [0, 0.05) is 17.4 Å². The minimum absolute atomic E-state index is 0.145. The maximum absolute atomic E-state index is 13.2. The zero-order valence-electron chi connectivity index (χ0n) is 16.0. The Morgan fingerprint density at radius 1 is 1.07 bits per heavy atom. The molecule has 0 aromatic heterocycles. The molecule has 0 aliphatic carbocycles. The van der Waals surface area contributed by atoms with Crippen LogP contribution in [0.25, 0.3) is 0 Å². The average Bonchev–Trinajstić information content (AvgIpc) is 2.87. The molecule has 28 heavy (non-hydrogen) atoms. The Balaban J connectivity index is 1.83. The second-order valence-corrected chi connectivity index (χ2v) is 6.92. The van der Waals surface area contributed by atoms with Gasteiger partial charge in [0.25, 0.3) is 5.91 Å². The lowest BCUT2D eigenvalue weighted by Crippen LogP contribution is -2.46. The van der Waals surface area contributed by atoms with E-state index in [1.54, 1.807) is 24.0 Å². The molecule has 146 valence electrons. The van der Waals surface area contributed by atoms with Crippen LogP contribution in [-0.2, 0) is 9.59 Å². The number of carbonyl (C=O) groups excluding carboxylic acids is 3. The molecule has 1 fully saturated rings. The zero-order chi connectivity index (χ0) is 20.4. The molecule has 7 heteroatoms. The number of anilines is 2. The second-order valence-electron chi connectivity index (χ2n) is 6.92. The van der Waals surface area contributed by atoms with Crippen LogP contribution in [-0.4, -0.2) is 41.4 Å². The van der Waals surface area contributed by atoms with E-state index in [4.69, 9.17) is 0 Å². The van der Waals surface area contributed by atoms with Crippen molar-refractivity contribution in [1.82, 2.24) is 4.90 Å². The summed E-state index contributed by atoms with van der Waals surface area (Å²) in [5.74, 6) is -1.24. The molecule has 0 bridgehead atoms. The standard InChI is InChI=1S/C21H22FN3O3/c1-14(2)24(17-7-5-4-6-8-17)19(26)13-23-20(27)15(3)25(21(23)28)18-11-9-16(22)10-12-18/h4-12,14-15H,13H2,1-3H3/t15-/m1/s1. The van der Waals surface area contributed by atoms with Crippen molar-refractivity contribution in [3.8, 4) is 0 Å². The van der Waals surface area contributed by atoms with E-state index in [1.807, 2.05) is 32.0 Å². The maximum Gasteiger partial charge on any atom is 0.332 e. The van der Waals surface area contributed by atoms with Crippen LogP contribution in [0.2, 0.25) is 0 Å². The Morgan fingerprint density at radius 3 is 2.25 bits per heavy atom. The number of halogens is 1. The summed E-state index contributed by atoms with van der Waals surface area (Å²) in [6.07, 6.45) is 0. The number of hydrogen-bond donors (Lipinski definition) is 0. The van der Waals surface area contributed by atoms with Crippen LogP contribution in [0.1, 0.15) is 20.8 Å². The molecular weight excluding hydrogens is 361 g/mol.